The van der Waals surface area contributed by atoms with E-state index in [1.807, 2.05) is 18.2 Å². The summed E-state index contributed by atoms with van der Waals surface area (Å²) >= 11 is 3.46. The molecule has 0 aliphatic heterocycles. The maximum Gasteiger partial charge on any atom is 0.141 e. The first-order valence-corrected chi connectivity index (χ1v) is 7.06. The highest BCUT2D eigenvalue weighted by Gasteiger charge is 2.12. The Kier molecular flexibility index (Phi) is 4.47. The molecule has 0 aliphatic rings. The molecule has 4 nitrogen and oxygen atoms in total. The van der Waals surface area contributed by atoms with Crippen LogP contribution in [-0.4, -0.2) is 15.0 Å². The van der Waals surface area contributed by atoms with Gasteiger partial charge in [-0.25, -0.2) is 9.97 Å². The first-order valence-electron chi connectivity index (χ1n) is 6.27. The van der Waals surface area contributed by atoms with E-state index < -0.39 is 0 Å². The number of nitrogen functional groups attached to an aromatic ring is 1. The molecule has 2 aromatic heterocycles. The molecule has 5 heteroatoms. The molecule has 0 radical (unpaired) electrons. The van der Waals surface area contributed by atoms with Gasteiger partial charge in [0.15, 0.2) is 0 Å². The van der Waals surface area contributed by atoms with Gasteiger partial charge in [0.25, 0.3) is 0 Å². The first-order chi connectivity index (χ1) is 9.06. The second-order valence-corrected chi connectivity index (χ2v) is 5.67. The fraction of sp³-hybridized carbons (Fsp3) is 0.357. The van der Waals surface area contributed by atoms with Gasteiger partial charge in [0.1, 0.15) is 11.6 Å². The van der Waals surface area contributed by atoms with E-state index in [0.717, 1.165) is 28.1 Å². The van der Waals surface area contributed by atoms with Crippen molar-refractivity contribution in [3.05, 3.63) is 46.1 Å². The van der Waals surface area contributed by atoms with Gasteiger partial charge >= 0.3 is 0 Å². The Morgan fingerprint density at radius 3 is 2.68 bits per heavy atom. The van der Waals surface area contributed by atoms with Crippen molar-refractivity contribution >= 4 is 21.7 Å². The van der Waals surface area contributed by atoms with Crippen LogP contribution < -0.4 is 5.73 Å². The molecule has 100 valence electrons. The second kappa shape index (κ2) is 6.10. The smallest absolute Gasteiger partial charge is 0.141 e. The molecule has 0 amide bonds. The van der Waals surface area contributed by atoms with Crippen molar-refractivity contribution in [1.29, 1.82) is 0 Å². The normalized spacial score (nSPS) is 10.9. The van der Waals surface area contributed by atoms with Gasteiger partial charge in [0.2, 0.25) is 0 Å². The predicted octanol–water partition coefficient (Wildman–Crippen LogP) is 3.01. The molecule has 0 spiro atoms. The lowest BCUT2D eigenvalue weighted by Crippen LogP contribution is -2.08. The van der Waals surface area contributed by atoms with Crippen LogP contribution in [0.1, 0.15) is 31.1 Å². The molecule has 2 N–H and O–H groups in total. The van der Waals surface area contributed by atoms with Crippen LogP contribution in [-0.2, 0) is 12.8 Å². The summed E-state index contributed by atoms with van der Waals surface area (Å²) < 4.78 is 0.811. The zero-order chi connectivity index (χ0) is 13.8. The molecule has 2 aromatic rings. The number of hydrogen-bond acceptors (Lipinski definition) is 4. The number of anilines is 1. The average molecular weight is 321 g/mol. The van der Waals surface area contributed by atoms with Crippen molar-refractivity contribution in [2.45, 2.75) is 26.7 Å². The van der Waals surface area contributed by atoms with Gasteiger partial charge in [-0.3, -0.25) is 4.98 Å². The summed E-state index contributed by atoms with van der Waals surface area (Å²) in [5.74, 6) is 1.74. The van der Waals surface area contributed by atoms with Crippen molar-refractivity contribution in [1.82, 2.24) is 15.0 Å². The largest absolute Gasteiger partial charge is 0.383 e. The van der Waals surface area contributed by atoms with Crippen molar-refractivity contribution in [2.75, 3.05) is 5.73 Å². The minimum absolute atomic E-state index is 0.497. The Balaban J connectivity index is 2.29. The molecule has 0 bridgehead atoms. The molecule has 0 saturated carbocycles. The minimum Gasteiger partial charge on any atom is -0.383 e. The second-order valence-electron chi connectivity index (χ2n) is 4.88. The fourth-order valence-electron chi connectivity index (χ4n) is 1.83. The van der Waals surface area contributed by atoms with Crippen molar-refractivity contribution < 1.29 is 0 Å². The van der Waals surface area contributed by atoms with Gasteiger partial charge in [0.05, 0.1) is 16.6 Å². The minimum atomic E-state index is 0.497. The Bertz CT molecular complexity index is 555. The van der Waals surface area contributed by atoms with Gasteiger partial charge in [0, 0.05) is 11.9 Å². The molecular weight excluding hydrogens is 304 g/mol. The summed E-state index contributed by atoms with van der Waals surface area (Å²) in [5, 5.41) is 0. The van der Waals surface area contributed by atoms with E-state index in [2.05, 4.69) is 44.7 Å². The predicted molar refractivity (Wildman–Crippen MR) is 79.7 cm³/mol. The molecular formula is C14H17BrN4. The number of pyridine rings is 1. The van der Waals surface area contributed by atoms with Crippen molar-refractivity contribution in [3.8, 4) is 0 Å². The first kappa shape index (κ1) is 13.9. The summed E-state index contributed by atoms with van der Waals surface area (Å²) in [7, 11) is 0. The highest BCUT2D eigenvalue weighted by Crippen LogP contribution is 2.23. The molecule has 0 unspecified atom stereocenters. The lowest BCUT2D eigenvalue weighted by Gasteiger charge is -2.10. The van der Waals surface area contributed by atoms with E-state index in [-0.39, 0.29) is 0 Å². The van der Waals surface area contributed by atoms with Gasteiger partial charge in [-0.1, -0.05) is 19.9 Å². The number of aromatic nitrogens is 3. The van der Waals surface area contributed by atoms with Crippen LogP contribution in [0.4, 0.5) is 5.82 Å². The summed E-state index contributed by atoms with van der Waals surface area (Å²) in [6.45, 7) is 4.31. The van der Waals surface area contributed by atoms with Gasteiger partial charge < -0.3 is 5.73 Å². The molecule has 0 fully saturated rings. The zero-order valence-electron chi connectivity index (χ0n) is 11.1. The maximum atomic E-state index is 5.93. The molecule has 0 atom stereocenters. The molecule has 19 heavy (non-hydrogen) atoms. The average Bonchev–Trinajstić information content (AvgIpc) is 2.36. The van der Waals surface area contributed by atoms with E-state index in [4.69, 9.17) is 5.73 Å². The number of nitrogens with zero attached hydrogens (tertiary/aromatic N) is 3. The monoisotopic (exact) mass is 320 g/mol. The highest BCUT2D eigenvalue weighted by atomic mass is 79.9. The van der Waals surface area contributed by atoms with Crippen LogP contribution >= 0.6 is 15.9 Å². The zero-order valence-corrected chi connectivity index (χ0v) is 12.7. The van der Waals surface area contributed by atoms with Crippen LogP contribution in [0.25, 0.3) is 0 Å². The third kappa shape index (κ3) is 3.73. The van der Waals surface area contributed by atoms with Gasteiger partial charge in [-0.2, -0.15) is 0 Å². The number of nitrogens with two attached hydrogens (primary N) is 1. The van der Waals surface area contributed by atoms with Crippen LogP contribution in [0.3, 0.4) is 0 Å². The number of hydrogen-bond donors (Lipinski definition) is 1. The van der Waals surface area contributed by atoms with Gasteiger partial charge in [-0.15, -0.1) is 0 Å². The Hall–Kier alpha value is -1.49. The Labute approximate surface area is 121 Å². The quantitative estimate of drug-likeness (QED) is 0.940. The molecule has 0 saturated heterocycles. The van der Waals surface area contributed by atoms with Crippen molar-refractivity contribution in [3.63, 3.8) is 0 Å². The number of rotatable bonds is 4. The maximum absolute atomic E-state index is 5.93. The fourth-order valence-corrected chi connectivity index (χ4v) is 2.17. The number of halogens is 1. The standard InChI is InChI=1S/C14H17BrN4/c1-9(2)7-11-13(15)14(16)19-12(18-11)8-10-5-3-4-6-17-10/h3-6,9H,7-8H2,1-2H3,(H2,16,18,19). The van der Waals surface area contributed by atoms with Crippen LogP contribution in [0.15, 0.2) is 28.9 Å². The SMILES string of the molecule is CC(C)Cc1nc(Cc2ccccn2)nc(N)c1Br. The summed E-state index contributed by atoms with van der Waals surface area (Å²) in [6.07, 6.45) is 3.25. The van der Waals surface area contributed by atoms with E-state index in [1.165, 1.54) is 0 Å². The molecule has 0 aliphatic carbocycles. The van der Waals surface area contributed by atoms with Crippen LogP contribution in [0.2, 0.25) is 0 Å². The summed E-state index contributed by atoms with van der Waals surface area (Å²) in [6, 6.07) is 5.81. The third-order valence-electron chi connectivity index (χ3n) is 2.66. The summed E-state index contributed by atoms with van der Waals surface area (Å²) in [4.78, 5) is 13.2. The topological polar surface area (TPSA) is 64.7 Å². The molecule has 0 aromatic carbocycles. The van der Waals surface area contributed by atoms with Crippen molar-refractivity contribution in [2.24, 2.45) is 5.92 Å². The third-order valence-corrected chi connectivity index (χ3v) is 3.52. The van der Waals surface area contributed by atoms with E-state index in [1.54, 1.807) is 6.20 Å². The van der Waals surface area contributed by atoms with E-state index in [9.17, 15) is 0 Å². The highest BCUT2D eigenvalue weighted by molar-refractivity contribution is 9.10. The van der Waals surface area contributed by atoms with E-state index in [0.29, 0.717) is 18.2 Å². The lowest BCUT2D eigenvalue weighted by molar-refractivity contribution is 0.629. The molecule has 2 rings (SSSR count). The summed E-state index contributed by atoms with van der Waals surface area (Å²) in [5.41, 5.74) is 7.84. The van der Waals surface area contributed by atoms with Gasteiger partial charge in [-0.05, 0) is 40.4 Å². The van der Waals surface area contributed by atoms with Crippen LogP contribution in [0, 0.1) is 5.92 Å². The van der Waals surface area contributed by atoms with Crippen LogP contribution in [0.5, 0.6) is 0 Å². The molecule has 2 heterocycles. The lowest BCUT2D eigenvalue weighted by atomic mass is 10.1. The Morgan fingerprint density at radius 2 is 2.05 bits per heavy atom. The Morgan fingerprint density at radius 1 is 1.26 bits per heavy atom. The van der Waals surface area contributed by atoms with E-state index >= 15 is 0 Å².